The van der Waals surface area contributed by atoms with Gasteiger partial charge in [-0.2, -0.15) is 0 Å². The Bertz CT molecular complexity index is 523. The second kappa shape index (κ2) is 8.41. The second-order valence-corrected chi connectivity index (χ2v) is 13.6. The van der Waals surface area contributed by atoms with Crippen LogP contribution in [0.25, 0.3) is 0 Å². The topological polar surface area (TPSA) is 46.9 Å². The van der Waals surface area contributed by atoms with E-state index in [1.165, 1.54) is 0 Å². The second-order valence-electron chi connectivity index (χ2n) is 13.6. The highest BCUT2D eigenvalue weighted by atomic mass is 16.3. The summed E-state index contributed by atoms with van der Waals surface area (Å²) in [4.78, 5) is 4.84. The molecule has 0 radical (unpaired) electrons. The van der Waals surface area contributed by atoms with Crippen LogP contribution in [0, 0.1) is 10.8 Å². The number of hydrogen-bond donors (Lipinski definition) is 2. The van der Waals surface area contributed by atoms with Gasteiger partial charge in [-0.15, -0.1) is 0 Å². The Hall–Kier alpha value is -0.160. The smallest absolute Gasteiger partial charge is 0.0834 e. The van der Waals surface area contributed by atoms with Crippen LogP contribution in [0.5, 0.6) is 0 Å². The Morgan fingerprint density at radius 2 is 0.828 bits per heavy atom. The maximum Gasteiger partial charge on any atom is 0.0834 e. The van der Waals surface area contributed by atoms with Crippen molar-refractivity contribution in [1.82, 2.24) is 9.80 Å². The maximum atomic E-state index is 10.6. The summed E-state index contributed by atoms with van der Waals surface area (Å²) in [5, 5.41) is 21.1. The lowest BCUT2D eigenvalue weighted by Gasteiger charge is -2.49. The minimum atomic E-state index is -0.514. The Labute approximate surface area is 182 Å². The van der Waals surface area contributed by atoms with Crippen LogP contribution in [-0.4, -0.2) is 68.5 Å². The molecule has 2 aliphatic heterocycles. The first-order chi connectivity index (χ1) is 12.6. The summed E-state index contributed by atoms with van der Waals surface area (Å²) >= 11 is 0. The molecule has 0 aromatic heterocycles. The monoisotopic (exact) mass is 412 g/mol. The Morgan fingerprint density at radius 1 is 0.517 bits per heavy atom. The van der Waals surface area contributed by atoms with Crippen LogP contribution >= 0.6 is 0 Å². The van der Waals surface area contributed by atoms with Crippen LogP contribution in [0.15, 0.2) is 0 Å². The molecular weight excluding hydrogens is 360 g/mol. The van der Waals surface area contributed by atoms with Crippen molar-refractivity contribution >= 4 is 0 Å². The van der Waals surface area contributed by atoms with Gasteiger partial charge in [-0.05, 0) is 71.6 Å². The van der Waals surface area contributed by atoms with Gasteiger partial charge in [0.2, 0.25) is 0 Å². The molecule has 4 nitrogen and oxygen atoms in total. The number of nitrogens with zero attached hydrogens (tertiary/aromatic N) is 2. The van der Waals surface area contributed by atoms with Crippen molar-refractivity contribution in [2.75, 3.05) is 26.2 Å². The van der Waals surface area contributed by atoms with Crippen molar-refractivity contribution < 1.29 is 10.2 Å². The average molecular weight is 413 g/mol. The molecule has 2 saturated heterocycles. The molecule has 0 spiro atoms. The van der Waals surface area contributed by atoms with E-state index in [1.807, 2.05) is 0 Å². The van der Waals surface area contributed by atoms with E-state index in [2.05, 4.69) is 92.9 Å². The van der Waals surface area contributed by atoms with E-state index in [9.17, 15) is 10.2 Å². The third-order valence-electron chi connectivity index (χ3n) is 7.53. The molecule has 174 valence electrons. The number of piperidine rings is 1. The Morgan fingerprint density at radius 3 is 1.07 bits per heavy atom. The van der Waals surface area contributed by atoms with Crippen molar-refractivity contribution in [3.05, 3.63) is 0 Å². The number of β-amino-alcohol motifs (C(OH)–C–C–N with tert-alkyl or cyclic N) is 1. The van der Waals surface area contributed by atoms with Crippen molar-refractivity contribution in [2.24, 2.45) is 10.8 Å². The zero-order valence-corrected chi connectivity index (χ0v) is 21.7. The minimum Gasteiger partial charge on any atom is -0.389 e. The van der Waals surface area contributed by atoms with E-state index in [0.29, 0.717) is 0 Å². The molecule has 4 heteroatoms. The summed E-state index contributed by atoms with van der Waals surface area (Å²) < 4.78 is 0. The number of rotatable bonds is 0. The molecule has 2 fully saturated rings. The molecule has 1 atom stereocenters. The van der Waals surface area contributed by atoms with Crippen molar-refractivity contribution in [3.63, 3.8) is 0 Å². The lowest BCUT2D eigenvalue weighted by molar-refractivity contribution is -0.109. The van der Waals surface area contributed by atoms with Gasteiger partial charge in [-0.25, -0.2) is 0 Å². The highest BCUT2D eigenvalue weighted by molar-refractivity contribution is 5.01. The molecule has 0 amide bonds. The highest BCUT2D eigenvalue weighted by Gasteiger charge is 2.47. The van der Waals surface area contributed by atoms with Gasteiger partial charge in [0.05, 0.1) is 11.2 Å². The lowest BCUT2D eigenvalue weighted by atomic mass is 9.70. The van der Waals surface area contributed by atoms with Crippen LogP contribution in [0.4, 0.5) is 0 Å². The molecule has 0 aliphatic carbocycles. The van der Waals surface area contributed by atoms with Crippen LogP contribution < -0.4 is 0 Å². The molecule has 2 heterocycles. The number of hydrogen-bond acceptors (Lipinski definition) is 4. The van der Waals surface area contributed by atoms with E-state index in [4.69, 9.17) is 0 Å². The largest absolute Gasteiger partial charge is 0.389 e. The summed E-state index contributed by atoms with van der Waals surface area (Å²) in [7, 11) is 0. The van der Waals surface area contributed by atoms with Crippen LogP contribution in [0.1, 0.15) is 102 Å². The summed E-state index contributed by atoms with van der Waals surface area (Å²) in [6.07, 6.45) is 2.69. The first-order valence-corrected chi connectivity index (χ1v) is 11.6. The van der Waals surface area contributed by atoms with Gasteiger partial charge in [-0.3, -0.25) is 9.80 Å². The summed E-state index contributed by atoms with van der Waals surface area (Å²) in [6, 6.07) is 0. The van der Waals surface area contributed by atoms with Crippen LogP contribution in [0.2, 0.25) is 0 Å². The van der Waals surface area contributed by atoms with Gasteiger partial charge in [0.25, 0.3) is 0 Å². The zero-order chi connectivity index (χ0) is 23.1. The molecule has 0 saturated carbocycles. The zero-order valence-electron chi connectivity index (χ0n) is 21.7. The van der Waals surface area contributed by atoms with Gasteiger partial charge >= 0.3 is 0 Å². The molecule has 0 aromatic carbocycles. The summed E-state index contributed by atoms with van der Waals surface area (Å²) in [6.45, 7) is 30.0. The first-order valence-electron chi connectivity index (χ1n) is 11.6. The van der Waals surface area contributed by atoms with E-state index in [0.717, 1.165) is 45.4 Å². The highest BCUT2D eigenvalue weighted by Crippen LogP contribution is 2.40. The van der Waals surface area contributed by atoms with Gasteiger partial charge in [0.1, 0.15) is 0 Å². The molecule has 2 aliphatic rings. The fourth-order valence-electron chi connectivity index (χ4n) is 4.28. The Kier molecular flexibility index (Phi) is 7.79. The fourth-order valence-corrected chi connectivity index (χ4v) is 4.28. The molecule has 1 unspecified atom stereocenters. The fraction of sp³-hybridized carbons (Fsp3) is 1.00. The third-order valence-corrected chi connectivity index (χ3v) is 7.53. The van der Waals surface area contributed by atoms with Crippen molar-refractivity contribution in [1.29, 1.82) is 0 Å². The minimum absolute atomic E-state index is 0.00300. The summed E-state index contributed by atoms with van der Waals surface area (Å²) in [5.41, 5.74) is -0.603. The van der Waals surface area contributed by atoms with E-state index in [-0.39, 0.29) is 21.9 Å². The predicted molar refractivity (Wildman–Crippen MR) is 125 cm³/mol. The van der Waals surface area contributed by atoms with Gasteiger partial charge in [0.15, 0.2) is 0 Å². The normalized spacial score (nSPS) is 27.5. The van der Waals surface area contributed by atoms with Gasteiger partial charge in [0, 0.05) is 37.3 Å². The molecule has 0 aromatic rings. The van der Waals surface area contributed by atoms with Gasteiger partial charge in [-0.1, -0.05) is 41.5 Å². The molecule has 0 bridgehead atoms. The average Bonchev–Trinajstić information content (AvgIpc) is 2.90. The van der Waals surface area contributed by atoms with E-state index < -0.39 is 11.2 Å². The number of aliphatic hydroxyl groups is 2. The predicted octanol–water partition coefficient (Wildman–Crippen LogP) is 4.93. The molecule has 29 heavy (non-hydrogen) atoms. The first kappa shape index (κ1) is 26.9. The SMILES string of the molecule is CC(C)(C)N1CCC(O)(C(C)(C)C)C1.CC(C)(C)N1CCC(O)(C(C)(C)C)CC1. The standard InChI is InChI=1S/C13H27NO.C12H25NO/c1-11(2,3)13(15)7-9-14(10-8-13)12(4,5)6;1-10(2,3)12(14)7-8-13(9-12)11(4,5)6/h15H,7-10H2,1-6H3;14H,7-9H2,1-6H3. The van der Waals surface area contributed by atoms with Crippen molar-refractivity contribution in [3.8, 4) is 0 Å². The number of likely N-dealkylation sites (tertiary alicyclic amines) is 2. The van der Waals surface area contributed by atoms with Crippen LogP contribution in [0.3, 0.4) is 0 Å². The molecular formula is C25H52N2O2. The molecule has 2 N–H and O–H groups in total. The molecule has 2 rings (SSSR count). The van der Waals surface area contributed by atoms with Gasteiger partial charge < -0.3 is 10.2 Å². The van der Waals surface area contributed by atoms with Crippen LogP contribution in [-0.2, 0) is 0 Å². The van der Waals surface area contributed by atoms with E-state index >= 15 is 0 Å². The third kappa shape index (κ3) is 6.66. The lowest BCUT2D eigenvalue weighted by Crippen LogP contribution is -2.55. The summed E-state index contributed by atoms with van der Waals surface area (Å²) in [5.74, 6) is 0. The van der Waals surface area contributed by atoms with Crippen molar-refractivity contribution in [2.45, 2.75) is 125 Å². The maximum absolute atomic E-state index is 10.6. The Balaban J connectivity index is 0.000000291. The quantitative estimate of drug-likeness (QED) is 0.592. The van der Waals surface area contributed by atoms with E-state index in [1.54, 1.807) is 0 Å².